The van der Waals surface area contributed by atoms with Crippen LogP contribution in [0.3, 0.4) is 0 Å². The summed E-state index contributed by atoms with van der Waals surface area (Å²) in [7, 11) is 0. The van der Waals surface area contributed by atoms with Gasteiger partial charge in [0.1, 0.15) is 15.9 Å². The third-order valence-electron chi connectivity index (χ3n) is 8.30. The van der Waals surface area contributed by atoms with Gasteiger partial charge in [-0.1, -0.05) is 25.0 Å². The molecule has 1 saturated heterocycles. The average Bonchev–Trinajstić information content (AvgIpc) is 3.76. The molecule has 1 saturated carbocycles. The molecule has 1 N–H and O–H groups in total. The largest absolute Gasteiger partial charge is 0.460 e. The number of carbonyl (C=O) groups excluding carboxylic acids is 1. The van der Waals surface area contributed by atoms with Crippen molar-refractivity contribution in [2.75, 3.05) is 36.5 Å². The highest BCUT2D eigenvalue weighted by Gasteiger charge is 2.26. The first kappa shape index (κ1) is 29.5. The van der Waals surface area contributed by atoms with Gasteiger partial charge in [-0.25, -0.2) is 4.98 Å². The summed E-state index contributed by atoms with van der Waals surface area (Å²) in [5.74, 6) is 0.822. The first-order chi connectivity index (χ1) is 21.7. The smallest absolute Gasteiger partial charge is 0.312 e. The fourth-order valence-electron chi connectivity index (χ4n) is 6.28. The fourth-order valence-corrected chi connectivity index (χ4v) is 7.20. The highest BCUT2D eigenvalue weighted by Crippen LogP contribution is 2.37. The predicted octanol–water partition coefficient (Wildman–Crippen LogP) is 6.85. The Balaban J connectivity index is 1.15. The quantitative estimate of drug-likeness (QED) is 0.194. The van der Waals surface area contributed by atoms with Gasteiger partial charge >= 0.3 is 5.97 Å². The van der Waals surface area contributed by atoms with E-state index in [1.807, 2.05) is 62.7 Å². The summed E-state index contributed by atoms with van der Waals surface area (Å²) in [4.78, 5) is 37.2. The SMILES string of the molecule is CC(C)(C)OC(=O)Cc1cc2cnc(Nc3ccc(-c4csc5c(=O)cc(N6CCOCC6)oc45)cc3)nc2n1C1CCCC1. The number of rotatable bonds is 7. The maximum atomic E-state index is 12.9. The molecule has 7 rings (SSSR count). The molecular formula is C34H37N5O5S. The first-order valence-electron chi connectivity index (χ1n) is 15.6. The van der Waals surface area contributed by atoms with E-state index < -0.39 is 5.60 Å². The van der Waals surface area contributed by atoms with Gasteiger partial charge in [0, 0.05) is 59.1 Å². The molecule has 0 amide bonds. The molecule has 0 spiro atoms. The molecule has 1 aliphatic heterocycles. The normalized spacial score (nSPS) is 16.1. The molecule has 0 unspecified atom stereocenters. The third-order valence-corrected chi connectivity index (χ3v) is 9.27. The van der Waals surface area contributed by atoms with Gasteiger partial charge in [-0.05, 0) is 57.4 Å². The number of nitrogens with zero attached hydrogens (tertiary/aromatic N) is 4. The van der Waals surface area contributed by atoms with Crippen LogP contribution in [0.5, 0.6) is 0 Å². The zero-order valence-electron chi connectivity index (χ0n) is 25.8. The Morgan fingerprint density at radius 3 is 2.60 bits per heavy atom. The van der Waals surface area contributed by atoms with E-state index in [2.05, 4.69) is 19.8 Å². The topological polar surface area (TPSA) is 112 Å². The van der Waals surface area contributed by atoms with Gasteiger partial charge in [-0.2, -0.15) is 4.98 Å². The van der Waals surface area contributed by atoms with Gasteiger partial charge in [0.2, 0.25) is 11.4 Å². The predicted molar refractivity (Wildman–Crippen MR) is 177 cm³/mol. The summed E-state index contributed by atoms with van der Waals surface area (Å²) in [6.45, 7) is 8.27. The lowest BCUT2D eigenvalue weighted by Gasteiger charge is -2.27. The minimum atomic E-state index is -0.538. The highest BCUT2D eigenvalue weighted by molar-refractivity contribution is 7.17. The number of hydrogen-bond donors (Lipinski definition) is 1. The Bertz CT molecular complexity index is 1910. The minimum absolute atomic E-state index is 0.0311. The standard InChI is InChI=1S/C34H37N5O5S/c1-34(2,3)44-29(41)17-25-16-22-19-35-33(37-32(22)39(25)24-6-4-5-7-24)36-23-10-8-21(9-11-23)26-20-45-31-27(40)18-28(43-30(26)31)38-12-14-42-15-13-38/h8-11,16,18-20,24H,4-7,12-15,17H2,1-3H3,(H,35,36,37). The van der Waals surface area contributed by atoms with Crippen LogP contribution in [-0.4, -0.2) is 52.4 Å². The van der Waals surface area contributed by atoms with Gasteiger partial charge in [0.15, 0.2) is 11.5 Å². The Hall–Kier alpha value is -4.22. The number of thiophene rings is 1. The Morgan fingerprint density at radius 2 is 1.87 bits per heavy atom. The zero-order valence-corrected chi connectivity index (χ0v) is 26.6. The van der Waals surface area contributed by atoms with Crippen LogP contribution >= 0.6 is 11.3 Å². The number of anilines is 3. The number of aromatic nitrogens is 3. The Labute approximate surface area is 265 Å². The van der Waals surface area contributed by atoms with Gasteiger partial charge in [-0.3, -0.25) is 9.59 Å². The van der Waals surface area contributed by atoms with E-state index in [1.165, 1.54) is 11.3 Å². The van der Waals surface area contributed by atoms with Crippen molar-refractivity contribution in [3.63, 3.8) is 0 Å². The molecule has 2 fully saturated rings. The number of carbonyl (C=O) groups is 1. The molecule has 0 bridgehead atoms. The monoisotopic (exact) mass is 627 g/mol. The molecule has 0 atom stereocenters. The van der Waals surface area contributed by atoms with Crippen LogP contribution in [0.15, 0.2) is 57.2 Å². The summed E-state index contributed by atoms with van der Waals surface area (Å²) < 4.78 is 20.2. The molecule has 1 aliphatic carbocycles. The van der Waals surface area contributed by atoms with Gasteiger partial charge in [-0.15, -0.1) is 11.3 Å². The molecule has 4 aromatic heterocycles. The lowest BCUT2D eigenvalue weighted by molar-refractivity contribution is -0.154. The minimum Gasteiger partial charge on any atom is -0.460 e. The molecule has 11 heteroatoms. The first-order valence-corrected chi connectivity index (χ1v) is 16.4. The molecule has 1 aromatic carbocycles. The van der Waals surface area contributed by atoms with Crippen molar-refractivity contribution in [3.8, 4) is 11.1 Å². The van der Waals surface area contributed by atoms with E-state index in [-0.39, 0.29) is 17.8 Å². The average molecular weight is 628 g/mol. The molecule has 0 radical (unpaired) electrons. The lowest BCUT2D eigenvalue weighted by atomic mass is 10.1. The molecular weight excluding hydrogens is 590 g/mol. The summed E-state index contributed by atoms with van der Waals surface area (Å²) in [5.41, 5.74) is 4.45. The number of nitrogens with one attached hydrogen (secondary N) is 1. The second-order valence-electron chi connectivity index (χ2n) is 12.7. The van der Waals surface area contributed by atoms with Crippen molar-refractivity contribution in [2.24, 2.45) is 0 Å². The summed E-state index contributed by atoms with van der Waals surface area (Å²) >= 11 is 1.40. The van der Waals surface area contributed by atoms with Crippen molar-refractivity contribution in [1.82, 2.24) is 14.5 Å². The van der Waals surface area contributed by atoms with E-state index in [0.29, 0.717) is 54.5 Å². The van der Waals surface area contributed by atoms with Crippen LogP contribution in [-0.2, 0) is 20.7 Å². The number of fused-ring (bicyclic) bond motifs is 2. The molecule has 5 heterocycles. The van der Waals surface area contributed by atoms with Crippen LogP contribution in [0.2, 0.25) is 0 Å². The zero-order chi connectivity index (χ0) is 31.1. The lowest BCUT2D eigenvalue weighted by Crippen LogP contribution is -2.36. The van der Waals surface area contributed by atoms with Crippen molar-refractivity contribution in [1.29, 1.82) is 0 Å². The van der Waals surface area contributed by atoms with Gasteiger partial charge < -0.3 is 28.7 Å². The molecule has 10 nitrogen and oxygen atoms in total. The number of ether oxygens (including phenoxy) is 2. The van der Waals surface area contributed by atoms with Crippen molar-refractivity contribution >= 4 is 56.1 Å². The highest BCUT2D eigenvalue weighted by atomic mass is 32.1. The van der Waals surface area contributed by atoms with Crippen LogP contribution in [0.1, 0.15) is 58.2 Å². The number of benzene rings is 1. The van der Waals surface area contributed by atoms with Gasteiger partial charge in [0.05, 0.1) is 19.6 Å². The van der Waals surface area contributed by atoms with Crippen LogP contribution in [0.4, 0.5) is 17.5 Å². The summed E-state index contributed by atoms with van der Waals surface area (Å²) in [6.07, 6.45) is 6.45. The number of esters is 1. The summed E-state index contributed by atoms with van der Waals surface area (Å²) in [5, 5.41) is 6.23. The molecule has 5 aromatic rings. The van der Waals surface area contributed by atoms with E-state index in [0.717, 1.165) is 59.2 Å². The molecule has 45 heavy (non-hydrogen) atoms. The Morgan fingerprint density at radius 1 is 1.11 bits per heavy atom. The second-order valence-corrected chi connectivity index (χ2v) is 13.6. The van der Waals surface area contributed by atoms with Crippen LogP contribution < -0.4 is 15.6 Å². The van der Waals surface area contributed by atoms with Crippen molar-refractivity contribution in [2.45, 2.75) is 64.5 Å². The Kier molecular flexibility index (Phi) is 7.83. The van der Waals surface area contributed by atoms with E-state index >= 15 is 0 Å². The van der Waals surface area contributed by atoms with E-state index in [9.17, 15) is 9.59 Å². The number of morpholine rings is 1. The van der Waals surface area contributed by atoms with E-state index in [1.54, 1.807) is 6.07 Å². The maximum absolute atomic E-state index is 12.9. The van der Waals surface area contributed by atoms with Crippen LogP contribution in [0.25, 0.3) is 32.4 Å². The molecule has 234 valence electrons. The van der Waals surface area contributed by atoms with Crippen molar-refractivity contribution < 1.29 is 18.7 Å². The van der Waals surface area contributed by atoms with E-state index in [4.69, 9.17) is 18.9 Å². The maximum Gasteiger partial charge on any atom is 0.312 e. The molecule has 2 aliphatic rings. The van der Waals surface area contributed by atoms with Crippen molar-refractivity contribution in [3.05, 3.63) is 63.9 Å². The third kappa shape index (κ3) is 6.19. The van der Waals surface area contributed by atoms with Crippen LogP contribution in [0, 0.1) is 0 Å². The number of hydrogen-bond acceptors (Lipinski definition) is 10. The second kappa shape index (κ2) is 11.9. The fraction of sp³-hybridized carbons (Fsp3) is 0.412. The summed E-state index contributed by atoms with van der Waals surface area (Å²) in [6, 6.07) is 11.9. The van der Waals surface area contributed by atoms with Gasteiger partial charge in [0.25, 0.3) is 0 Å².